The van der Waals surface area contributed by atoms with Crippen LogP contribution in [0.2, 0.25) is 0 Å². The number of rotatable bonds is 4. The Balaban J connectivity index is 1.34. The number of allylic oxidation sites excluding steroid dienone is 3. The maximum absolute atomic E-state index is 13.1. The quantitative estimate of drug-likeness (QED) is 0.829. The van der Waals surface area contributed by atoms with Crippen molar-refractivity contribution in [3.63, 3.8) is 0 Å². The van der Waals surface area contributed by atoms with Crippen LogP contribution in [0.15, 0.2) is 72.5 Å². The molecule has 3 aliphatic rings. The van der Waals surface area contributed by atoms with Crippen molar-refractivity contribution in [3.8, 4) is 0 Å². The average molecular weight is 389 g/mol. The van der Waals surface area contributed by atoms with E-state index < -0.39 is 0 Å². The molecule has 0 spiro atoms. The first kappa shape index (κ1) is 17.9. The van der Waals surface area contributed by atoms with Crippen molar-refractivity contribution in [1.29, 1.82) is 0 Å². The number of carbonyl (C=O) groups is 1. The fourth-order valence-corrected chi connectivity index (χ4v) is 4.01. The maximum atomic E-state index is 13.1. The van der Waals surface area contributed by atoms with Gasteiger partial charge in [0, 0.05) is 43.6 Å². The SMILES string of the molecule is O=C(NCc1cncc2ccccc12)C1=C2C=CC=CN2C(N2CCOCC2)N1. The summed E-state index contributed by atoms with van der Waals surface area (Å²) in [5.41, 5.74) is 2.48. The molecule has 2 N–H and O–H groups in total. The van der Waals surface area contributed by atoms with E-state index >= 15 is 0 Å². The first-order valence-corrected chi connectivity index (χ1v) is 9.87. The molecule has 1 saturated heterocycles. The second-order valence-corrected chi connectivity index (χ2v) is 7.24. The van der Waals surface area contributed by atoms with E-state index in [1.807, 2.05) is 55.0 Å². The van der Waals surface area contributed by atoms with Crippen LogP contribution in [0, 0.1) is 0 Å². The Morgan fingerprint density at radius 2 is 2.07 bits per heavy atom. The van der Waals surface area contributed by atoms with E-state index in [2.05, 4.69) is 31.5 Å². The number of aromatic nitrogens is 1. The molecule has 7 heteroatoms. The number of ether oxygens (including phenoxy) is 1. The molecule has 0 saturated carbocycles. The number of fused-ring (bicyclic) bond motifs is 2. The third kappa shape index (κ3) is 3.39. The van der Waals surface area contributed by atoms with Gasteiger partial charge >= 0.3 is 0 Å². The van der Waals surface area contributed by atoms with Crippen LogP contribution >= 0.6 is 0 Å². The number of pyridine rings is 1. The second-order valence-electron chi connectivity index (χ2n) is 7.24. The first-order valence-electron chi connectivity index (χ1n) is 9.87. The highest BCUT2D eigenvalue weighted by molar-refractivity contribution is 5.95. The topological polar surface area (TPSA) is 69.7 Å². The number of nitrogens with zero attached hydrogens (tertiary/aromatic N) is 3. The maximum Gasteiger partial charge on any atom is 0.269 e. The van der Waals surface area contributed by atoms with Crippen LogP contribution in [0.5, 0.6) is 0 Å². The molecular formula is C22H23N5O2. The van der Waals surface area contributed by atoms with Crippen molar-refractivity contribution in [2.45, 2.75) is 12.8 Å². The third-order valence-corrected chi connectivity index (χ3v) is 5.49. The van der Waals surface area contributed by atoms with E-state index in [0.29, 0.717) is 25.5 Å². The van der Waals surface area contributed by atoms with E-state index in [-0.39, 0.29) is 12.2 Å². The third-order valence-electron chi connectivity index (χ3n) is 5.49. The van der Waals surface area contributed by atoms with Gasteiger partial charge in [-0.2, -0.15) is 0 Å². The van der Waals surface area contributed by atoms with Gasteiger partial charge < -0.3 is 20.3 Å². The van der Waals surface area contributed by atoms with Crippen LogP contribution in [-0.2, 0) is 16.1 Å². The number of morpholine rings is 1. The van der Waals surface area contributed by atoms with Crippen molar-refractivity contribution >= 4 is 16.7 Å². The van der Waals surface area contributed by atoms with Gasteiger partial charge in [0.1, 0.15) is 5.70 Å². The van der Waals surface area contributed by atoms with E-state index in [4.69, 9.17) is 4.74 Å². The lowest BCUT2D eigenvalue weighted by Crippen LogP contribution is -2.54. The summed E-state index contributed by atoms with van der Waals surface area (Å²) in [6.07, 6.45) is 11.5. The van der Waals surface area contributed by atoms with Gasteiger partial charge in [-0.3, -0.25) is 14.7 Å². The molecule has 4 heterocycles. The highest BCUT2D eigenvalue weighted by Crippen LogP contribution is 2.27. The fraction of sp³-hybridized carbons (Fsp3) is 0.273. The first-order chi connectivity index (χ1) is 14.3. The molecule has 7 nitrogen and oxygen atoms in total. The molecule has 29 heavy (non-hydrogen) atoms. The van der Waals surface area contributed by atoms with Crippen LogP contribution in [0.3, 0.4) is 0 Å². The Morgan fingerprint density at radius 1 is 1.21 bits per heavy atom. The van der Waals surface area contributed by atoms with Crippen molar-refractivity contribution in [1.82, 2.24) is 25.4 Å². The van der Waals surface area contributed by atoms with Crippen LogP contribution < -0.4 is 10.6 Å². The zero-order chi connectivity index (χ0) is 19.6. The molecule has 5 rings (SSSR count). The summed E-state index contributed by atoms with van der Waals surface area (Å²) < 4.78 is 5.47. The van der Waals surface area contributed by atoms with Crippen molar-refractivity contribution < 1.29 is 9.53 Å². The Morgan fingerprint density at radius 3 is 2.97 bits per heavy atom. The van der Waals surface area contributed by atoms with Gasteiger partial charge in [0.15, 0.2) is 6.29 Å². The molecule has 0 radical (unpaired) electrons. The molecule has 3 aliphatic heterocycles. The Hall–Kier alpha value is -3.16. The van der Waals surface area contributed by atoms with Gasteiger partial charge in [0.25, 0.3) is 5.91 Å². The summed E-state index contributed by atoms with van der Waals surface area (Å²) >= 11 is 0. The minimum absolute atomic E-state index is 0.0740. The minimum Gasteiger partial charge on any atom is -0.379 e. The summed E-state index contributed by atoms with van der Waals surface area (Å²) in [7, 11) is 0. The van der Waals surface area contributed by atoms with E-state index in [0.717, 1.165) is 35.1 Å². The number of benzene rings is 1. The molecule has 1 amide bonds. The summed E-state index contributed by atoms with van der Waals surface area (Å²) in [4.78, 5) is 21.8. The summed E-state index contributed by atoms with van der Waals surface area (Å²) in [5.74, 6) is -0.117. The molecule has 2 aromatic rings. The zero-order valence-corrected chi connectivity index (χ0v) is 16.0. The molecule has 0 aliphatic carbocycles. The molecule has 148 valence electrons. The standard InChI is InChI=1S/C22H23N5O2/c28-21(24-15-17-14-23-13-16-5-1-2-6-18(16)17)20-19-7-3-4-8-27(19)22(25-20)26-9-11-29-12-10-26/h1-8,13-14,22,25H,9-12,15H2,(H,24,28). The number of carbonyl (C=O) groups excluding carboxylic acids is 1. The fourth-order valence-electron chi connectivity index (χ4n) is 4.01. The number of hydrogen-bond acceptors (Lipinski definition) is 6. The molecule has 1 unspecified atom stereocenters. The van der Waals surface area contributed by atoms with Crippen LogP contribution in [0.25, 0.3) is 10.8 Å². The van der Waals surface area contributed by atoms with Crippen molar-refractivity contribution in [2.75, 3.05) is 26.3 Å². The molecular weight excluding hydrogens is 366 g/mol. The summed E-state index contributed by atoms with van der Waals surface area (Å²) in [5, 5.41) is 8.66. The van der Waals surface area contributed by atoms with E-state index in [9.17, 15) is 4.79 Å². The number of amides is 1. The van der Waals surface area contributed by atoms with Gasteiger partial charge in [-0.1, -0.05) is 30.3 Å². The minimum atomic E-state index is -0.117. The monoisotopic (exact) mass is 389 g/mol. The van der Waals surface area contributed by atoms with Gasteiger partial charge in [-0.25, -0.2) is 0 Å². The van der Waals surface area contributed by atoms with Crippen molar-refractivity contribution in [2.24, 2.45) is 0 Å². The van der Waals surface area contributed by atoms with Gasteiger partial charge in [0.2, 0.25) is 0 Å². The molecule has 1 fully saturated rings. The van der Waals surface area contributed by atoms with Gasteiger partial charge in [-0.05, 0) is 23.1 Å². The van der Waals surface area contributed by atoms with Crippen molar-refractivity contribution in [3.05, 3.63) is 78.0 Å². The van der Waals surface area contributed by atoms with Gasteiger partial charge in [0.05, 0.1) is 18.9 Å². The van der Waals surface area contributed by atoms with Crippen LogP contribution in [0.1, 0.15) is 5.56 Å². The molecule has 1 aromatic heterocycles. The molecule has 0 bridgehead atoms. The smallest absolute Gasteiger partial charge is 0.269 e. The van der Waals surface area contributed by atoms with Crippen LogP contribution in [-0.4, -0.2) is 53.3 Å². The Labute approximate surface area is 169 Å². The predicted octanol–water partition coefficient (Wildman–Crippen LogP) is 1.67. The predicted molar refractivity (Wildman–Crippen MR) is 110 cm³/mol. The normalized spacial score (nSPS) is 21.4. The summed E-state index contributed by atoms with van der Waals surface area (Å²) in [6.45, 7) is 3.49. The lowest BCUT2D eigenvalue weighted by molar-refractivity contribution is -0.118. The molecule has 1 aromatic carbocycles. The van der Waals surface area contributed by atoms with E-state index in [1.165, 1.54) is 0 Å². The Kier molecular flexibility index (Phi) is 4.75. The lowest BCUT2D eigenvalue weighted by atomic mass is 10.1. The van der Waals surface area contributed by atoms with Gasteiger partial charge in [-0.15, -0.1) is 0 Å². The largest absolute Gasteiger partial charge is 0.379 e. The average Bonchev–Trinajstić information content (AvgIpc) is 3.18. The number of hydrogen-bond donors (Lipinski definition) is 2. The second kappa shape index (κ2) is 7.69. The molecule has 1 atom stereocenters. The van der Waals surface area contributed by atoms with Crippen LogP contribution in [0.4, 0.5) is 0 Å². The Bertz CT molecular complexity index is 1020. The highest BCUT2D eigenvalue weighted by Gasteiger charge is 2.36. The summed E-state index contributed by atoms with van der Waals surface area (Å²) in [6, 6.07) is 8.07. The number of nitrogens with one attached hydrogen (secondary N) is 2. The lowest BCUT2D eigenvalue weighted by Gasteiger charge is -2.37. The van der Waals surface area contributed by atoms with E-state index in [1.54, 1.807) is 0 Å². The zero-order valence-electron chi connectivity index (χ0n) is 16.0. The highest BCUT2D eigenvalue weighted by atomic mass is 16.5.